The Morgan fingerprint density at radius 2 is 1.32 bits per heavy atom. The van der Waals surface area contributed by atoms with Gasteiger partial charge in [-0.15, -0.1) is 0 Å². The van der Waals surface area contributed by atoms with Crippen LogP contribution in [0.4, 0.5) is 13.2 Å². The summed E-state index contributed by atoms with van der Waals surface area (Å²) >= 11 is 0. The van der Waals surface area contributed by atoms with Crippen molar-refractivity contribution < 1.29 is 32.2 Å². The minimum absolute atomic E-state index is 0.0132. The van der Waals surface area contributed by atoms with Crippen LogP contribution in [0.1, 0.15) is 32.6 Å². The molecule has 0 bridgehead atoms. The zero-order valence-corrected chi connectivity index (χ0v) is 21.4. The maximum Gasteiger partial charge on any atom is 0.416 e. The summed E-state index contributed by atoms with van der Waals surface area (Å²) < 4.78 is 51.3. The number of ether oxygens (including phenoxy) is 2. The molecule has 1 atom stereocenters. The average Bonchev–Trinajstić information content (AvgIpc) is 2.95. The fourth-order valence-corrected chi connectivity index (χ4v) is 3.92. The Kier molecular flexibility index (Phi) is 9.06. The predicted octanol–water partition coefficient (Wildman–Crippen LogP) is 5.69. The maximum absolute atomic E-state index is 13.1. The van der Waals surface area contributed by atoms with Crippen LogP contribution < -0.4 is 20.5 Å². The Bertz CT molecular complexity index is 1440. The van der Waals surface area contributed by atoms with E-state index in [1.54, 1.807) is 18.2 Å². The number of alkyl halides is 3. The second-order valence-electron chi connectivity index (χ2n) is 9.04. The molecular weight excluding hydrogens is 521 g/mol. The number of rotatable bonds is 11. The summed E-state index contributed by atoms with van der Waals surface area (Å²) in [5, 5.41) is 2.45. The van der Waals surface area contributed by atoms with E-state index in [2.05, 4.69) is 5.32 Å². The van der Waals surface area contributed by atoms with E-state index in [4.69, 9.17) is 15.2 Å². The minimum Gasteiger partial charge on any atom is -0.485 e. The summed E-state index contributed by atoms with van der Waals surface area (Å²) in [5.74, 6) is -0.786. The third-order valence-electron chi connectivity index (χ3n) is 6.02. The molecular formula is C31H27F3N2O4. The Hall–Kier alpha value is -4.79. The van der Waals surface area contributed by atoms with Gasteiger partial charge in [-0.2, -0.15) is 13.2 Å². The SMILES string of the molecule is NC(=O)[C@@H](Cc1ccc(OCc2ccccc2)c(OCc2ccccc2)c1)NC(=O)c1cccc(C(F)(F)F)c1. The van der Waals surface area contributed by atoms with Crippen LogP contribution in [0.3, 0.4) is 0 Å². The van der Waals surface area contributed by atoms with E-state index in [0.717, 1.165) is 29.3 Å². The maximum atomic E-state index is 13.1. The van der Waals surface area contributed by atoms with E-state index in [0.29, 0.717) is 23.7 Å². The van der Waals surface area contributed by atoms with Crippen LogP contribution in [-0.4, -0.2) is 17.9 Å². The molecule has 4 rings (SSSR count). The summed E-state index contributed by atoms with van der Waals surface area (Å²) in [6, 6.07) is 27.0. The second kappa shape index (κ2) is 12.8. The van der Waals surface area contributed by atoms with Gasteiger partial charge >= 0.3 is 6.18 Å². The van der Waals surface area contributed by atoms with Crippen LogP contribution in [0, 0.1) is 0 Å². The lowest BCUT2D eigenvalue weighted by Crippen LogP contribution is -2.45. The van der Waals surface area contributed by atoms with Crippen LogP contribution in [0.5, 0.6) is 11.5 Å². The Labute approximate surface area is 229 Å². The molecule has 40 heavy (non-hydrogen) atoms. The van der Waals surface area contributed by atoms with Crippen LogP contribution in [0.25, 0.3) is 0 Å². The standard InChI is InChI=1S/C31H27F3N2O4/c32-31(33,34)25-13-7-12-24(18-25)30(38)36-26(29(35)37)16-23-14-15-27(39-19-21-8-3-1-4-9-21)28(17-23)40-20-22-10-5-2-6-11-22/h1-15,17-18,26H,16,19-20H2,(H2,35,37)(H,36,38)/t26-/m1/s1. The molecule has 0 spiro atoms. The van der Waals surface area contributed by atoms with E-state index in [9.17, 15) is 22.8 Å². The first kappa shape index (κ1) is 28.2. The molecule has 0 unspecified atom stereocenters. The monoisotopic (exact) mass is 548 g/mol. The van der Waals surface area contributed by atoms with Crippen molar-refractivity contribution >= 4 is 11.8 Å². The number of primary amides is 1. The van der Waals surface area contributed by atoms with Crippen molar-refractivity contribution in [1.29, 1.82) is 0 Å². The van der Waals surface area contributed by atoms with Gasteiger partial charge in [0.2, 0.25) is 5.91 Å². The second-order valence-corrected chi connectivity index (χ2v) is 9.04. The van der Waals surface area contributed by atoms with Gasteiger partial charge < -0.3 is 20.5 Å². The number of halogens is 3. The molecule has 0 heterocycles. The molecule has 0 aromatic heterocycles. The molecule has 0 aliphatic rings. The van der Waals surface area contributed by atoms with Crippen molar-refractivity contribution in [2.24, 2.45) is 5.73 Å². The molecule has 0 fully saturated rings. The van der Waals surface area contributed by atoms with E-state index in [1.807, 2.05) is 60.7 Å². The fraction of sp³-hybridized carbons (Fsp3) is 0.161. The number of carbonyl (C=O) groups is 2. The van der Waals surface area contributed by atoms with Gasteiger partial charge in [0.05, 0.1) is 5.56 Å². The number of benzene rings is 4. The van der Waals surface area contributed by atoms with Gasteiger partial charge in [-0.05, 0) is 47.0 Å². The first-order chi connectivity index (χ1) is 19.2. The number of nitrogens with two attached hydrogens (primary N) is 1. The average molecular weight is 549 g/mol. The van der Waals surface area contributed by atoms with E-state index >= 15 is 0 Å². The third-order valence-corrected chi connectivity index (χ3v) is 6.02. The summed E-state index contributed by atoms with van der Waals surface area (Å²) in [4.78, 5) is 24.9. The lowest BCUT2D eigenvalue weighted by Gasteiger charge is -2.18. The van der Waals surface area contributed by atoms with Gasteiger partial charge in [0.25, 0.3) is 5.91 Å². The largest absolute Gasteiger partial charge is 0.485 e. The van der Waals surface area contributed by atoms with Crippen LogP contribution in [0.15, 0.2) is 103 Å². The first-order valence-corrected chi connectivity index (χ1v) is 12.4. The van der Waals surface area contributed by atoms with Crippen LogP contribution in [0.2, 0.25) is 0 Å². The third kappa shape index (κ3) is 7.86. The molecule has 0 aliphatic heterocycles. The zero-order chi connectivity index (χ0) is 28.5. The Balaban J connectivity index is 1.52. The normalized spacial score (nSPS) is 11.9. The number of nitrogens with one attached hydrogen (secondary N) is 1. The summed E-state index contributed by atoms with van der Waals surface area (Å²) in [5.41, 5.74) is 6.83. The van der Waals surface area contributed by atoms with E-state index < -0.39 is 29.6 Å². The Morgan fingerprint density at radius 1 is 0.725 bits per heavy atom. The smallest absolute Gasteiger partial charge is 0.416 e. The zero-order valence-electron chi connectivity index (χ0n) is 21.4. The van der Waals surface area contributed by atoms with Crippen molar-refractivity contribution in [3.63, 3.8) is 0 Å². The minimum atomic E-state index is -4.61. The number of hydrogen-bond donors (Lipinski definition) is 2. The molecule has 0 radical (unpaired) electrons. The molecule has 6 nitrogen and oxygen atoms in total. The first-order valence-electron chi connectivity index (χ1n) is 12.4. The van der Waals surface area contributed by atoms with Crippen LogP contribution >= 0.6 is 0 Å². The Morgan fingerprint density at radius 3 is 1.90 bits per heavy atom. The van der Waals surface area contributed by atoms with Crippen molar-refractivity contribution in [3.8, 4) is 11.5 Å². The molecule has 0 aliphatic carbocycles. The topological polar surface area (TPSA) is 90.7 Å². The summed E-state index contributed by atoms with van der Waals surface area (Å²) in [6.07, 6.45) is -4.62. The fourth-order valence-electron chi connectivity index (χ4n) is 3.92. The molecule has 0 saturated carbocycles. The number of carbonyl (C=O) groups excluding carboxylic acids is 2. The van der Waals surface area contributed by atoms with Crippen molar-refractivity contribution in [2.45, 2.75) is 31.9 Å². The number of hydrogen-bond acceptors (Lipinski definition) is 4. The molecule has 4 aromatic rings. The predicted molar refractivity (Wildman–Crippen MR) is 144 cm³/mol. The van der Waals surface area contributed by atoms with E-state index in [1.165, 1.54) is 6.07 Å². The van der Waals surface area contributed by atoms with Gasteiger partial charge in [-0.1, -0.05) is 72.8 Å². The molecule has 206 valence electrons. The van der Waals surface area contributed by atoms with Gasteiger partial charge in [-0.3, -0.25) is 9.59 Å². The molecule has 2 amide bonds. The highest BCUT2D eigenvalue weighted by atomic mass is 19.4. The lowest BCUT2D eigenvalue weighted by atomic mass is 10.0. The van der Waals surface area contributed by atoms with Crippen LogP contribution in [-0.2, 0) is 30.6 Å². The summed E-state index contributed by atoms with van der Waals surface area (Å²) in [6.45, 7) is 0.566. The molecule has 0 saturated heterocycles. The van der Waals surface area contributed by atoms with Gasteiger partial charge in [-0.25, -0.2) is 0 Å². The quantitative estimate of drug-likeness (QED) is 0.252. The highest BCUT2D eigenvalue weighted by Crippen LogP contribution is 2.31. The highest BCUT2D eigenvalue weighted by Gasteiger charge is 2.31. The molecule has 4 aromatic carbocycles. The van der Waals surface area contributed by atoms with Crippen molar-refractivity contribution in [3.05, 3.63) is 131 Å². The molecule has 3 N–H and O–H groups in total. The van der Waals surface area contributed by atoms with Gasteiger partial charge in [0.15, 0.2) is 11.5 Å². The summed E-state index contributed by atoms with van der Waals surface area (Å²) in [7, 11) is 0. The number of amides is 2. The van der Waals surface area contributed by atoms with E-state index in [-0.39, 0.29) is 18.6 Å². The van der Waals surface area contributed by atoms with Gasteiger partial charge in [0, 0.05) is 12.0 Å². The van der Waals surface area contributed by atoms with Crippen molar-refractivity contribution in [2.75, 3.05) is 0 Å². The highest BCUT2D eigenvalue weighted by molar-refractivity contribution is 5.97. The van der Waals surface area contributed by atoms with Gasteiger partial charge in [0.1, 0.15) is 19.3 Å². The molecule has 9 heteroatoms. The lowest BCUT2D eigenvalue weighted by molar-refractivity contribution is -0.137. The van der Waals surface area contributed by atoms with Crippen molar-refractivity contribution in [1.82, 2.24) is 5.32 Å².